The van der Waals surface area contributed by atoms with Crippen LogP contribution in [0, 0.1) is 20.8 Å². The van der Waals surface area contributed by atoms with Crippen LogP contribution in [0.5, 0.6) is 0 Å². The predicted molar refractivity (Wildman–Crippen MR) is 135 cm³/mol. The molecule has 0 fully saturated rings. The minimum Gasteiger partial charge on any atom is -0.421 e. The van der Waals surface area contributed by atoms with E-state index in [1.165, 1.54) is 12.1 Å². The third-order valence-corrected chi connectivity index (χ3v) is 6.86. The van der Waals surface area contributed by atoms with Gasteiger partial charge in [0, 0.05) is 24.1 Å². The van der Waals surface area contributed by atoms with Crippen molar-refractivity contribution >= 4 is 27.3 Å². The number of anilines is 2. The van der Waals surface area contributed by atoms with Crippen LogP contribution in [0.25, 0.3) is 11.5 Å². The molecule has 8 nitrogen and oxygen atoms in total. The number of carbonyl (C=O) groups excluding carboxylic acids is 1. The number of nitrogens with zero attached hydrogens (tertiary/aromatic N) is 2. The van der Waals surface area contributed by atoms with Crippen molar-refractivity contribution in [3.63, 3.8) is 0 Å². The molecule has 1 aromatic heterocycles. The number of hydrogen-bond donors (Lipinski definition) is 2. The van der Waals surface area contributed by atoms with Crippen molar-refractivity contribution in [3.05, 3.63) is 89.3 Å². The molecular weight excluding hydrogens is 464 g/mol. The average Bonchev–Trinajstić information content (AvgIpc) is 3.30. The van der Waals surface area contributed by atoms with Crippen LogP contribution in [0.4, 0.5) is 11.4 Å². The molecule has 0 saturated heterocycles. The zero-order valence-electron chi connectivity index (χ0n) is 19.7. The number of carbonyl (C=O) groups is 1. The molecule has 0 unspecified atom stereocenters. The maximum atomic E-state index is 12.8. The third-order valence-electron chi connectivity index (χ3n) is 5.50. The molecule has 4 aromatic rings. The van der Waals surface area contributed by atoms with Crippen LogP contribution >= 0.6 is 0 Å². The fraction of sp³-hybridized carbons (Fsp3) is 0.192. The molecule has 0 aliphatic heterocycles. The monoisotopic (exact) mass is 490 g/mol. The number of benzene rings is 3. The van der Waals surface area contributed by atoms with E-state index in [9.17, 15) is 13.2 Å². The molecule has 0 aliphatic rings. The fourth-order valence-electron chi connectivity index (χ4n) is 3.50. The van der Waals surface area contributed by atoms with Crippen molar-refractivity contribution in [2.45, 2.75) is 38.5 Å². The molecule has 1 heterocycles. The van der Waals surface area contributed by atoms with Gasteiger partial charge >= 0.3 is 0 Å². The summed E-state index contributed by atoms with van der Waals surface area (Å²) in [5.41, 5.74) is 4.69. The van der Waals surface area contributed by atoms with Crippen molar-refractivity contribution in [2.75, 3.05) is 10.0 Å². The number of hydrogen-bond acceptors (Lipinski definition) is 6. The van der Waals surface area contributed by atoms with Gasteiger partial charge in [0.1, 0.15) is 0 Å². The van der Waals surface area contributed by atoms with Gasteiger partial charge in [0.25, 0.3) is 10.0 Å². The molecule has 9 heteroatoms. The van der Waals surface area contributed by atoms with E-state index in [-0.39, 0.29) is 23.6 Å². The fourth-order valence-corrected chi connectivity index (χ4v) is 4.70. The first-order valence-electron chi connectivity index (χ1n) is 11.1. The van der Waals surface area contributed by atoms with Crippen LogP contribution in [-0.4, -0.2) is 24.5 Å². The van der Waals surface area contributed by atoms with Crippen LogP contribution in [0.2, 0.25) is 0 Å². The molecule has 0 radical (unpaired) electrons. The molecule has 0 bridgehead atoms. The lowest BCUT2D eigenvalue weighted by Crippen LogP contribution is -2.15. The molecule has 0 aliphatic carbocycles. The highest BCUT2D eigenvalue weighted by molar-refractivity contribution is 7.92. The van der Waals surface area contributed by atoms with E-state index in [1.807, 2.05) is 63.2 Å². The highest BCUT2D eigenvalue weighted by atomic mass is 32.2. The molecule has 0 saturated carbocycles. The van der Waals surface area contributed by atoms with Gasteiger partial charge in [-0.05, 0) is 68.3 Å². The van der Waals surface area contributed by atoms with Gasteiger partial charge in [-0.2, -0.15) is 0 Å². The van der Waals surface area contributed by atoms with E-state index < -0.39 is 10.0 Å². The Morgan fingerprint density at radius 2 is 1.54 bits per heavy atom. The quantitative estimate of drug-likeness (QED) is 0.358. The highest BCUT2D eigenvalue weighted by Crippen LogP contribution is 2.24. The summed E-state index contributed by atoms with van der Waals surface area (Å²) in [5.74, 6) is 0.533. The van der Waals surface area contributed by atoms with Crippen LogP contribution in [0.15, 0.2) is 76.0 Å². The minimum atomic E-state index is -3.76. The molecule has 3 aromatic carbocycles. The molecule has 0 spiro atoms. The summed E-state index contributed by atoms with van der Waals surface area (Å²) in [6.07, 6.45) is 0.431. The zero-order valence-corrected chi connectivity index (χ0v) is 20.5. The molecule has 0 atom stereocenters. The van der Waals surface area contributed by atoms with Gasteiger partial charge in [0.05, 0.1) is 10.6 Å². The number of aryl methyl sites for hydroxylation is 4. The number of sulfonamides is 1. The maximum absolute atomic E-state index is 12.8. The topological polar surface area (TPSA) is 114 Å². The van der Waals surface area contributed by atoms with Gasteiger partial charge < -0.3 is 9.73 Å². The Labute approximate surface area is 204 Å². The van der Waals surface area contributed by atoms with Gasteiger partial charge in [-0.1, -0.05) is 35.9 Å². The summed E-state index contributed by atoms with van der Waals surface area (Å²) in [6.45, 7) is 5.69. The Hall–Kier alpha value is -3.98. The van der Waals surface area contributed by atoms with Gasteiger partial charge in [-0.25, -0.2) is 8.42 Å². The smallest absolute Gasteiger partial charge is 0.261 e. The van der Waals surface area contributed by atoms with Gasteiger partial charge in [0.15, 0.2) is 0 Å². The van der Waals surface area contributed by atoms with Gasteiger partial charge in [-0.15, -0.1) is 10.2 Å². The van der Waals surface area contributed by atoms with Crippen molar-refractivity contribution < 1.29 is 17.6 Å². The van der Waals surface area contributed by atoms with Crippen molar-refractivity contribution in [1.82, 2.24) is 10.2 Å². The molecule has 180 valence electrons. The average molecular weight is 491 g/mol. The molecule has 4 rings (SSSR count). The second-order valence-corrected chi connectivity index (χ2v) is 9.99. The Bertz CT molecular complexity index is 1420. The minimum absolute atomic E-state index is 0.104. The lowest BCUT2D eigenvalue weighted by molar-refractivity contribution is -0.116. The van der Waals surface area contributed by atoms with Crippen molar-refractivity contribution in [1.29, 1.82) is 0 Å². The third kappa shape index (κ3) is 5.93. The Kier molecular flexibility index (Phi) is 6.97. The normalized spacial score (nSPS) is 11.3. The van der Waals surface area contributed by atoms with Crippen LogP contribution < -0.4 is 10.0 Å². The number of para-hydroxylation sites is 1. The molecular formula is C26H26N4O4S. The summed E-state index contributed by atoms with van der Waals surface area (Å²) < 4.78 is 33.9. The van der Waals surface area contributed by atoms with Gasteiger partial charge in [-0.3, -0.25) is 9.52 Å². The lowest BCUT2D eigenvalue weighted by atomic mass is 10.1. The lowest BCUT2D eigenvalue weighted by Gasteiger charge is -2.13. The summed E-state index contributed by atoms with van der Waals surface area (Å²) in [4.78, 5) is 12.5. The van der Waals surface area contributed by atoms with E-state index >= 15 is 0 Å². The van der Waals surface area contributed by atoms with E-state index in [0.717, 1.165) is 22.3 Å². The Morgan fingerprint density at radius 1 is 0.886 bits per heavy atom. The van der Waals surface area contributed by atoms with E-state index in [2.05, 4.69) is 20.2 Å². The summed E-state index contributed by atoms with van der Waals surface area (Å²) in [7, 11) is -3.76. The number of rotatable bonds is 8. The van der Waals surface area contributed by atoms with Crippen LogP contribution in [0.3, 0.4) is 0 Å². The number of nitrogens with one attached hydrogen (secondary N) is 2. The molecule has 2 N–H and O–H groups in total. The Balaban J connectivity index is 1.34. The zero-order chi connectivity index (χ0) is 25.0. The summed E-state index contributed by atoms with van der Waals surface area (Å²) in [5, 5.41) is 10.8. The van der Waals surface area contributed by atoms with Crippen molar-refractivity contribution in [2.24, 2.45) is 0 Å². The first-order valence-corrected chi connectivity index (χ1v) is 12.6. The maximum Gasteiger partial charge on any atom is 0.261 e. The first kappa shape index (κ1) is 24.2. The SMILES string of the molecule is Cc1ccc(-c2nnc(CCC(=O)Nc3ccc(S(=O)(=O)Nc4c(C)cccc4C)cc3)o2)cc1. The second kappa shape index (κ2) is 10.1. The second-order valence-electron chi connectivity index (χ2n) is 8.31. The first-order chi connectivity index (χ1) is 16.7. The molecule has 35 heavy (non-hydrogen) atoms. The van der Waals surface area contributed by atoms with Crippen molar-refractivity contribution in [3.8, 4) is 11.5 Å². The summed E-state index contributed by atoms with van der Waals surface area (Å²) in [6, 6.07) is 19.3. The standard InChI is InChI=1S/C26H26N4O4S/c1-17-7-9-20(10-8-17)26-29-28-24(34-26)16-15-23(31)27-21-11-13-22(14-12-21)35(32,33)30-25-18(2)5-4-6-19(25)3/h4-14,30H,15-16H2,1-3H3,(H,27,31). The van der Waals surface area contributed by atoms with E-state index in [0.29, 0.717) is 23.2 Å². The highest BCUT2D eigenvalue weighted by Gasteiger charge is 2.17. The molecule has 1 amide bonds. The van der Waals surface area contributed by atoms with Crippen LogP contribution in [0.1, 0.15) is 29.0 Å². The van der Waals surface area contributed by atoms with Crippen LogP contribution in [-0.2, 0) is 21.2 Å². The Morgan fingerprint density at radius 3 is 2.20 bits per heavy atom. The largest absolute Gasteiger partial charge is 0.421 e. The van der Waals surface area contributed by atoms with E-state index in [1.54, 1.807) is 12.1 Å². The number of amides is 1. The summed E-state index contributed by atoms with van der Waals surface area (Å²) >= 11 is 0. The van der Waals surface area contributed by atoms with Gasteiger partial charge in [0.2, 0.25) is 17.7 Å². The predicted octanol–water partition coefficient (Wildman–Crippen LogP) is 5.03. The van der Waals surface area contributed by atoms with E-state index in [4.69, 9.17) is 4.42 Å². The number of aromatic nitrogens is 2.